The number of fused-ring (bicyclic) bond motifs is 1. The number of carbonyl (C=O) groups is 1. The van der Waals surface area contributed by atoms with Gasteiger partial charge in [-0.1, -0.05) is 12.1 Å². The van der Waals surface area contributed by atoms with Gasteiger partial charge in [0.15, 0.2) is 11.3 Å². The number of para-hydroxylation sites is 1. The molecule has 2 aliphatic heterocycles. The van der Waals surface area contributed by atoms with E-state index < -0.39 is 0 Å². The molecule has 2 fully saturated rings. The molecule has 8 heteroatoms. The molecule has 2 unspecified atom stereocenters. The van der Waals surface area contributed by atoms with E-state index in [-0.39, 0.29) is 24.1 Å². The Morgan fingerprint density at radius 3 is 2.65 bits per heavy atom. The highest BCUT2D eigenvalue weighted by Gasteiger charge is 2.53. The van der Waals surface area contributed by atoms with Crippen LogP contribution in [0.1, 0.15) is 19.4 Å². The van der Waals surface area contributed by atoms with Gasteiger partial charge in [-0.15, -0.1) is 0 Å². The molecule has 2 N–H and O–H groups in total. The summed E-state index contributed by atoms with van der Waals surface area (Å²) in [5.74, 6) is 0.149. The summed E-state index contributed by atoms with van der Waals surface area (Å²) in [7, 11) is 0. The van der Waals surface area contributed by atoms with Crippen molar-refractivity contribution < 1.29 is 9.90 Å². The first-order valence-corrected chi connectivity index (χ1v) is 7.98. The van der Waals surface area contributed by atoms with Crippen molar-refractivity contribution in [1.29, 1.82) is 0 Å². The van der Waals surface area contributed by atoms with Crippen LogP contribution in [0.15, 0.2) is 29.4 Å². The molecular weight excluding hydrogens is 314 g/mol. The summed E-state index contributed by atoms with van der Waals surface area (Å²) in [6.07, 6.45) is 1.07. The fourth-order valence-corrected chi connectivity index (χ4v) is 3.23. The molecule has 0 bridgehead atoms. The molecule has 0 saturated carbocycles. The molecule has 7 nitrogen and oxygen atoms in total. The van der Waals surface area contributed by atoms with Crippen molar-refractivity contribution in [3.8, 4) is 5.75 Å². The van der Waals surface area contributed by atoms with Crippen LogP contribution in [-0.2, 0) is 0 Å². The van der Waals surface area contributed by atoms with Crippen molar-refractivity contribution in [1.82, 2.24) is 20.1 Å². The van der Waals surface area contributed by atoms with Crippen molar-refractivity contribution >= 4 is 29.6 Å². The number of amides is 2. The Morgan fingerprint density at radius 2 is 2.00 bits per heavy atom. The van der Waals surface area contributed by atoms with Crippen LogP contribution >= 0.6 is 12.2 Å². The van der Waals surface area contributed by atoms with Gasteiger partial charge in [0.2, 0.25) is 0 Å². The van der Waals surface area contributed by atoms with Crippen molar-refractivity contribution in [2.75, 3.05) is 13.1 Å². The minimum Gasteiger partial charge on any atom is -0.507 e. The number of phenolic OH excluding ortho intramolecular Hbond substituents is 1. The Kier molecular flexibility index (Phi) is 4.08. The molecule has 2 atom stereocenters. The van der Waals surface area contributed by atoms with E-state index in [4.69, 9.17) is 12.2 Å². The molecule has 1 aromatic carbocycles. The van der Waals surface area contributed by atoms with Gasteiger partial charge in [0.1, 0.15) is 11.9 Å². The van der Waals surface area contributed by atoms with E-state index >= 15 is 0 Å². The third-order valence-electron chi connectivity index (χ3n) is 4.10. The van der Waals surface area contributed by atoms with Crippen molar-refractivity contribution in [3.05, 3.63) is 29.8 Å². The third kappa shape index (κ3) is 2.48. The number of likely N-dealkylation sites (N-methyl/N-ethyl adjacent to an activating group) is 2. The maximum atomic E-state index is 12.4. The smallest absolute Gasteiger partial charge is 0.323 e. The summed E-state index contributed by atoms with van der Waals surface area (Å²) >= 11 is 5.36. The predicted molar refractivity (Wildman–Crippen MR) is 91.0 cm³/mol. The lowest BCUT2D eigenvalue weighted by Gasteiger charge is -2.25. The average molecular weight is 333 g/mol. The second-order valence-corrected chi connectivity index (χ2v) is 5.70. The first-order chi connectivity index (χ1) is 11.1. The fraction of sp³-hybridized carbons (Fsp3) is 0.400. The van der Waals surface area contributed by atoms with Gasteiger partial charge in [-0.25, -0.2) is 9.80 Å². The normalized spacial score (nSPS) is 23.8. The number of nitrogens with zero attached hydrogens (tertiary/aromatic N) is 4. The molecule has 122 valence electrons. The number of aromatic hydroxyl groups is 1. The molecule has 0 aliphatic carbocycles. The van der Waals surface area contributed by atoms with Gasteiger partial charge in [-0.05, 0) is 38.2 Å². The summed E-state index contributed by atoms with van der Waals surface area (Å²) in [6, 6.07) is 6.90. The minimum atomic E-state index is -0.276. The molecule has 2 heterocycles. The summed E-state index contributed by atoms with van der Waals surface area (Å²) in [5.41, 5.74) is 0.596. The lowest BCUT2D eigenvalue weighted by Crippen LogP contribution is -2.43. The van der Waals surface area contributed by atoms with Gasteiger partial charge in [0.25, 0.3) is 0 Å². The average Bonchev–Trinajstić information content (AvgIpc) is 2.98. The number of phenols is 1. The lowest BCUT2D eigenvalue weighted by molar-refractivity contribution is 0.157. The zero-order chi connectivity index (χ0) is 16.6. The fourth-order valence-electron chi connectivity index (χ4n) is 2.96. The van der Waals surface area contributed by atoms with Crippen molar-refractivity contribution in [2.24, 2.45) is 5.10 Å². The predicted octanol–water partition coefficient (Wildman–Crippen LogP) is 1.35. The zero-order valence-electron chi connectivity index (χ0n) is 13.0. The van der Waals surface area contributed by atoms with E-state index in [1.165, 1.54) is 0 Å². The van der Waals surface area contributed by atoms with Crippen LogP contribution in [0.25, 0.3) is 0 Å². The quantitative estimate of drug-likeness (QED) is 0.643. The third-order valence-corrected chi connectivity index (χ3v) is 4.40. The SMILES string of the molecule is CCN1C(=O)N(CC)C2C1NC(=S)N2/N=C/c1ccccc1O. The number of urea groups is 1. The standard InChI is InChI=1S/C15H19N5O2S/c1-3-18-12-13(19(4-2)15(18)22)20(14(23)17-12)16-9-10-7-5-6-8-11(10)21/h5-9,12-13,21H,3-4H2,1-2H3,(H,17,23)/b16-9+. The number of benzene rings is 1. The number of rotatable bonds is 4. The first-order valence-electron chi connectivity index (χ1n) is 7.57. The first kappa shape index (κ1) is 15.5. The topological polar surface area (TPSA) is 71.4 Å². The summed E-state index contributed by atoms with van der Waals surface area (Å²) in [6.45, 7) is 5.04. The maximum absolute atomic E-state index is 12.4. The molecule has 23 heavy (non-hydrogen) atoms. The molecule has 2 aliphatic rings. The number of hydrogen-bond donors (Lipinski definition) is 2. The number of nitrogens with one attached hydrogen (secondary N) is 1. The highest BCUT2D eigenvalue weighted by Crippen LogP contribution is 2.29. The molecule has 0 aromatic heterocycles. The van der Waals surface area contributed by atoms with Crippen LogP contribution in [0, 0.1) is 0 Å². The highest BCUT2D eigenvalue weighted by atomic mass is 32.1. The van der Waals surface area contributed by atoms with Gasteiger partial charge in [0, 0.05) is 18.7 Å². The molecule has 2 amide bonds. The Hall–Kier alpha value is -2.35. The van der Waals surface area contributed by atoms with E-state index in [0.717, 1.165) is 0 Å². The Morgan fingerprint density at radius 1 is 1.30 bits per heavy atom. The highest BCUT2D eigenvalue weighted by molar-refractivity contribution is 7.80. The molecule has 2 saturated heterocycles. The van der Waals surface area contributed by atoms with E-state index in [9.17, 15) is 9.90 Å². The van der Waals surface area contributed by atoms with Crippen LogP contribution in [0.3, 0.4) is 0 Å². The largest absolute Gasteiger partial charge is 0.507 e. The monoisotopic (exact) mass is 333 g/mol. The Labute approximate surface area is 140 Å². The second-order valence-electron chi connectivity index (χ2n) is 5.31. The van der Waals surface area contributed by atoms with Gasteiger partial charge >= 0.3 is 6.03 Å². The van der Waals surface area contributed by atoms with Crippen LogP contribution in [0.5, 0.6) is 5.75 Å². The van der Waals surface area contributed by atoms with Gasteiger partial charge < -0.3 is 15.3 Å². The molecule has 0 radical (unpaired) electrons. The molecule has 3 rings (SSSR count). The lowest BCUT2D eigenvalue weighted by atomic mass is 10.2. The van der Waals surface area contributed by atoms with Gasteiger partial charge in [0.05, 0.1) is 6.21 Å². The van der Waals surface area contributed by atoms with Crippen molar-refractivity contribution in [3.63, 3.8) is 0 Å². The number of hydrazone groups is 1. The summed E-state index contributed by atoms with van der Waals surface area (Å²) in [4.78, 5) is 15.9. The number of carbonyl (C=O) groups excluding carboxylic acids is 1. The van der Waals surface area contributed by atoms with E-state index in [1.54, 1.807) is 39.2 Å². The zero-order valence-corrected chi connectivity index (χ0v) is 13.8. The van der Waals surface area contributed by atoms with E-state index in [1.807, 2.05) is 19.9 Å². The van der Waals surface area contributed by atoms with Crippen LogP contribution < -0.4 is 5.32 Å². The molecular formula is C15H19N5O2S. The minimum absolute atomic E-state index is 0.0252. The molecule has 0 spiro atoms. The van der Waals surface area contributed by atoms with Crippen molar-refractivity contribution in [2.45, 2.75) is 26.2 Å². The summed E-state index contributed by atoms with van der Waals surface area (Å²) in [5, 5.41) is 19.5. The Balaban J connectivity index is 1.89. The summed E-state index contributed by atoms with van der Waals surface area (Å²) < 4.78 is 0. The van der Waals surface area contributed by atoms with Crippen LogP contribution in [-0.4, -0.2) is 62.7 Å². The van der Waals surface area contributed by atoms with Crippen LogP contribution in [0.4, 0.5) is 4.79 Å². The van der Waals surface area contributed by atoms with E-state index in [0.29, 0.717) is 23.8 Å². The van der Waals surface area contributed by atoms with Crippen LogP contribution in [0.2, 0.25) is 0 Å². The van der Waals surface area contributed by atoms with Gasteiger partial charge in [-0.3, -0.25) is 4.90 Å². The van der Waals surface area contributed by atoms with E-state index in [2.05, 4.69) is 10.4 Å². The van der Waals surface area contributed by atoms with Gasteiger partial charge in [-0.2, -0.15) is 5.10 Å². The number of thiocarbonyl (C=S) groups is 1. The number of hydrogen-bond acceptors (Lipinski definition) is 4. The Bertz CT molecular complexity index is 665. The maximum Gasteiger partial charge on any atom is 0.323 e. The molecule has 1 aromatic rings. The second kappa shape index (κ2) is 6.04.